The number of nitrogens with one attached hydrogen (secondary N) is 1. The van der Waals surface area contributed by atoms with E-state index in [9.17, 15) is 9.59 Å². The zero-order chi connectivity index (χ0) is 21.4. The summed E-state index contributed by atoms with van der Waals surface area (Å²) in [5.74, 6) is 1.41. The molecule has 2 amide bonds. The van der Waals surface area contributed by atoms with Crippen molar-refractivity contribution >= 4 is 12.0 Å². The third kappa shape index (κ3) is 7.48. The molecule has 0 atom stereocenters. The van der Waals surface area contributed by atoms with Crippen LogP contribution in [0.25, 0.3) is 0 Å². The van der Waals surface area contributed by atoms with E-state index in [0.29, 0.717) is 44.0 Å². The first-order chi connectivity index (χ1) is 13.7. The number of methoxy groups -OCH3 is 1. The van der Waals surface area contributed by atoms with Crippen molar-refractivity contribution in [2.24, 2.45) is 0 Å². The molecule has 1 fully saturated rings. The normalized spacial score (nSPS) is 15.0. The number of carbonyl (C=O) groups is 2. The van der Waals surface area contributed by atoms with Gasteiger partial charge in [-0.25, -0.2) is 4.79 Å². The number of ether oxygens (including phenoxy) is 3. The van der Waals surface area contributed by atoms with Crippen LogP contribution in [-0.2, 0) is 16.0 Å². The fourth-order valence-electron chi connectivity index (χ4n) is 3.23. The highest BCUT2D eigenvalue weighted by Gasteiger charge is 2.27. The van der Waals surface area contributed by atoms with E-state index in [-0.39, 0.29) is 18.0 Å². The summed E-state index contributed by atoms with van der Waals surface area (Å²) in [6.45, 7) is 9.26. The number of benzene rings is 1. The standard InChI is InChI=1S/C22H34N2O5/c1-6-28-18-9-7-16(15-19(18)27-5)8-10-20(25)23-17-11-13-24(14-12-17)21(26)29-22(2,3)4/h7,9,15,17H,6,8,10-14H2,1-5H3,(H,23,25). The van der Waals surface area contributed by atoms with Crippen molar-refractivity contribution < 1.29 is 23.8 Å². The second kappa shape index (κ2) is 10.4. The summed E-state index contributed by atoms with van der Waals surface area (Å²) in [5.41, 5.74) is 0.534. The maximum Gasteiger partial charge on any atom is 0.410 e. The average molecular weight is 407 g/mol. The molecule has 1 aliphatic rings. The molecule has 1 aromatic rings. The quantitative estimate of drug-likeness (QED) is 0.749. The lowest BCUT2D eigenvalue weighted by molar-refractivity contribution is -0.122. The molecule has 1 N–H and O–H groups in total. The van der Waals surface area contributed by atoms with Gasteiger partial charge in [-0.3, -0.25) is 4.79 Å². The van der Waals surface area contributed by atoms with E-state index in [1.165, 1.54) is 0 Å². The van der Waals surface area contributed by atoms with Gasteiger partial charge in [-0.1, -0.05) is 6.07 Å². The van der Waals surface area contributed by atoms with Crippen molar-refractivity contribution in [3.8, 4) is 11.5 Å². The molecule has 1 heterocycles. The number of aryl methyl sites for hydroxylation is 1. The third-order valence-corrected chi connectivity index (χ3v) is 4.68. The second-order valence-corrected chi connectivity index (χ2v) is 8.23. The predicted octanol–water partition coefficient (Wildman–Crippen LogP) is 3.54. The third-order valence-electron chi connectivity index (χ3n) is 4.68. The van der Waals surface area contributed by atoms with Gasteiger partial charge in [0.05, 0.1) is 13.7 Å². The minimum Gasteiger partial charge on any atom is -0.493 e. The van der Waals surface area contributed by atoms with Gasteiger partial charge in [-0.05, 0) is 64.7 Å². The summed E-state index contributed by atoms with van der Waals surface area (Å²) in [7, 11) is 1.61. The number of piperidine rings is 1. The minimum absolute atomic E-state index is 0.0218. The Kier molecular flexibility index (Phi) is 8.17. The molecule has 0 radical (unpaired) electrons. The predicted molar refractivity (Wildman–Crippen MR) is 111 cm³/mol. The first-order valence-corrected chi connectivity index (χ1v) is 10.3. The Bertz CT molecular complexity index is 691. The van der Waals surface area contributed by atoms with E-state index in [2.05, 4.69) is 5.32 Å². The van der Waals surface area contributed by atoms with E-state index >= 15 is 0 Å². The van der Waals surface area contributed by atoms with Crippen molar-refractivity contribution in [3.05, 3.63) is 23.8 Å². The molecule has 0 aliphatic carbocycles. The van der Waals surface area contributed by atoms with Crippen LogP contribution in [0.5, 0.6) is 11.5 Å². The average Bonchev–Trinajstić information content (AvgIpc) is 2.66. The Hall–Kier alpha value is -2.44. The van der Waals surface area contributed by atoms with Crippen LogP contribution in [-0.4, -0.2) is 55.3 Å². The molecule has 0 unspecified atom stereocenters. The van der Waals surface area contributed by atoms with Crippen LogP contribution in [0.1, 0.15) is 52.5 Å². The van der Waals surface area contributed by atoms with Crippen LogP contribution in [0.15, 0.2) is 18.2 Å². The number of carbonyl (C=O) groups excluding carboxylic acids is 2. The number of hydrogen-bond acceptors (Lipinski definition) is 5. The fourth-order valence-corrected chi connectivity index (χ4v) is 3.23. The first-order valence-electron chi connectivity index (χ1n) is 10.3. The smallest absolute Gasteiger partial charge is 0.410 e. The number of likely N-dealkylation sites (tertiary alicyclic amines) is 1. The van der Waals surface area contributed by atoms with Gasteiger partial charge >= 0.3 is 6.09 Å². The largest absolute Gasteiger partial charge is 0.493 e. The Morgan fingerprint density at radius 1 is 1.17 bits per heavy atom. The van der Waals surface area contributed by atoms with Gasteiger partial charge in [0.25, 0.3) is 0 Å². The lowest BCUT2D eigenvalue weighted by Crippen LogP contribution is -2.47. The van der Waals surface area contributed by atoms with Crippen molar-refractivity contribution in [1.82, 2.24) is 10.2 Å². The number of hydrogen-bond donors (Lipinski definition) is 1. The molecule has 7 heteroatoms. The van der Waals surface area contributed by atoms with Crippen molar-refractivity contribution in [2.75, 3.05) is 26.8 Å². The lowest BCUT2D eigenvalue weighted by Gasteiger charge is -2.33. The number of amides is 2. The molecular formula is C22H34N2O5. The highest BCUT2D eigenvalue weighted by Crippen LogP contribution is 2.28. The molecule has 1 saturated heterocycles. The van der Waals surface area contributed by atoms with E-state index < -0.39 is 5.60 Å². The van der Waals surface area contributed by atoms with Crippen LogP contribution >= 0.6 is 0 Å². The van der Waals surface area contributed by atoms with Crippen molar-refractivity contribution in [3.63, 3.8) is 0 Å². The Balaban J connectivity index is 1.76. The lowest BCUT2D eigenvalue weighted by atomic mass is 10.0. The Labute approximate surface area is 173 Å². The summed E-state index contributed by atoms with van der Waals surface area (Å²) in [4.78, 5) is 26.2. The molecule has 0 aromatic heterocycles. The van der Waals surface area contributed by atoms with E-state index in [4.69, 9.17) is 14.2 Å². The second-order valence-electron chi connectivity index (χ2n) is 8.23. The molecule has 0 saturated carbocycles. The zero-order valence-corrected chi connectivity index (χ0v) is 18.2. The fraction of sp³-hybridized carbons (Fsp3) is 0.636. The number of rotatable bonds is 7. The maximum atomic E-state index is 12.3. The first kappa shape index (κ1) is 22.8. The van der Waals surface area contributed by atoms with Gasteiger partial charge < -0.3 is 24.4 Å². The maximum absolute atomic E-state index is 12.3. The van der Waals surface area contributed by atoms with Crippen LogP contribution < -0.4 is 14.8 Å². The van der Waals surface area contributed by atoms with E-state index in [0.717, 1.165) is 18.4 Å². The molecule has 2 rings (SSSR count). The minimum atomic E-state index is -0.494. The molecular weight excluding hydrogens is 372 g/mol. The summed E-state index contributed by atoms with van der Waals surface area (Å²) in [6, 6.07) is 5.84. The van der Waals surface area contributed by atoms with Gasteiger partial charge in [0.2, 0.25) is 5.91 Å². The number of nitrogens with zero attached hydrogens (tertiary/aromatic N) is 1. The summed E-state index contributed by atoms with van der Waals surface area (Å²) < 4.78 is 16.3. The van der Waals surface area contributed by atoms with Crippen LogP contribution in [0.3, 0.4) is 0 Å². The Morgan fingerprint density at radius 2 is 1.86 bits per heavy atom. The van der Waals surface area contributed by atoms with Crippen LogP contribution in [0, 0.1) is 0 Å². The van der Waals surface area contributed by atoms with Crippen LogP contribution in [0.4, 0.5) is 4.79 Å². The highest BCUT2D eigenvalue weighted by molar-refractivity contribution is 5.76. The molecule has 7 nitrogen and oxygen atoms in total. The summed E-state index contributed by atoms with van der Waals surface area (Å²) >= 11 is 0. The van der Waals surface area contributed by atoms with E-state index in [1.54, 1.807) is 12.0 Å². The van der Waals surface area contributed by atoms with Gasteiger partial charge in [-0.15, -0.1) is 0 Å². The van der Waals surface area contributed by atoms with Gasteiger partial charge in [0.15, 0.2) is 11.5 Å². The topological polar surface area (TPSA) is 77.1 Å². The van der Waals surface area contributed by atoms with Crippen molar-refractivity contribution in [2.45, 2.75) is 65.0 Å². The van der Waals surface area contributed by atoms with Crippen LogP contribution in [0.2, 0.25) is 0 Å². The van der Waals surface area contributed by atoms with Crippen molar-refractivity contribution in [1.29, 1.82) is 0 Å². The molecule has 29 heavy (non-hydrogen) atoms. The summed E-state index contributed by atoms with van der Waals surface area (Å²) in [6.07, 6.45) is 2.23. The van der Waals surface area contributed by atoms with Gasteiger partial charge in [0, 0.05) is 25.6 Å². The van der Waals surface area contributed by atoms with E-state index in [1.807, 2.05) is 45.9 Å². The Morgan fingerprint density at radius 3 is 2.45 bits per heavy atom. The molecule has 162 valence electrons. The SMILES string of the molecule is CCOc1ccc(CCC(=O)NC2CCN(C(=O)OC(C)(C)C)CC2)cc1OC. The monoisotopic (exact) mass is 406 g/mol. The summed E-state index contributed by atoms with van der Waals surface area (Å²) in [5, 5.41) is 3.08. The highest BCUT2D eigenvalue weighted by atomic mass is 16.6. The van der Waals surface area contributed by atoms with Gasteiger partial charge in [0.1, 0.15) is 5.60 Å². The molecule has 0 spiro atoms. The molecule has 1 aromatic carbocycles. The molecule has 1 aliphatic heterocycles. The molecule has 0 bridgehead atoms. The zero-order valence-electron chi connectivity index (χ0n) is 18.2. The van der Waals surface area contributed by atoms with Gasteiger partial charge in [-0.2, -0.15) is 0 Å².